The third-order valence-electron chi connectivity index (χ3n) is 4.37. The standard InChI is InChI=1S/C19H18N2O/c22-19(11-13-4-5-14-2-1-3-16(14)10-13)21-17-7-6-15-8-9-20-18(15)12-17/h4-10,12,20H,1-3,11H2,(H,21,22). The molecule has 0 aliphatic heterocycles. The summed E-state index contributed by atoms with van der Waals surface area (Å²) in [6.07, 6.45) is 5.89. The van der Waals surface area contributed by atoms with Crippen LogP contribution in [-0.2, 0) is 24.1 Å². The summed E-state index contributed by atoms with van der Waals surface area (Å²) in [5.41, 5.74) is 5.83. The molecule has 0 saturated carbocycles. The lowest BCUT2D eigenvalue weighted by Gasteiger charge is -2.07. The summed E-state index contributed by atoms with van der Waals surface area (Å²) in [6.45, 7) is 0. The molecule has 0 fully saturated rings. The maximum Gasteiger partial charge on any atom is 0.228 e. The van der Waals surface area contributed by atoms with E-state index in [4.69, 9.17) is 0 Å². The highest BCUT2D eigenvalue weighted by Crippen LogP contribution is 2.23. The number of rotatable bonds is 3. The Hall–Kier alpha value is -2.55. The molecule has 1 aliphatic rings. The van der Waals surface area contributed by atoms with Crippen molar-refractivity contribution in [1.82, 2.24) is 4.98 Å². The summed E-state index contributed by atoms with van der Waals surface area (Å²) >= 11 is 0. The zero-order chi connectivity index (χ0) is 14.9. The molecule has 0 radical (unpaired) electrons. The van der Waals surface area contributed by atoms with Gasteiger partial charge in [0.15, 0.2) is 0 Å². The Balaban J connectivity index is 1.47. The Kier molecular flexibility index (Phi) is 3.19. The van der Waals surface area contributed by atoms with Crippen LogP contribution >= 0.6 is 0 Å². The monoisotopic (exact) mass is 290 g/mol. The van der Waals surface area contributed by atoms with E-state index >= 15 is 0 Å². The molecule has 2 N–H and O–H groups in total. The Bertz CT molecular complexity index is 848. The molecule has 0 bridgehead atoms. The number of carbonyl (C=O) groups excluding carboxylic acids is 1. The van der Waals surface area contributed by atoms with Gasteiger partial charge in [0.25, 0.3) is 0 Å². The van der Waals surface area contributed by atoms with Gasteiger partial charge >= 0.3 is 0 Å². The molecule has 3 aromatic rings. The Labute approximate surface area is 129 Å². The zero-order valence-electron chi connectivity index (χ0n) is 12.4. The number of hydrogen-bond donors (Lipinski definition) is 2. The summed E-state index contributed by atoms with van der Waals surface area (Å²) in [4.78, 5) is 15.4. The van der Waals surface area contributed by atoms with Crippen molar-refractivity contribution in [2.45, 2.75) is 25.7 Å². The normalized spacial score (nSPS) is 13.3. The highest BCUT2D eigenvalue weighted by molar-refractivity contribution is 5.94. The summed E-state index contributed by atoms with van der Waals surface area (Å²) in [7, 11) is 0. The first-order valence-electron chi connectivity index (χ1n) is 7.76. The lowest BCUT2D eigenvalue weighted by atomic mass is 10.0. The predicted molar refractivity (Wildman–Crippen MR) is 89.1 cm³/mol. The predicted octanol–water partition coefficient (Wildman–Crippen LogP) is 3.84. The first-order chi connectivity index (χ1) is 10.8. The summed E-state index contributed by atoms with van der Waals surface area (Å²) < 4.78 is 0. The van der Waals surface area contributed by atoms with Crippen molar-refractivity contribution in [2.24, 2.45) is 0 Å². The van der Waals surface area contributed by atoms with Gasteiger partial charge in [-0.3, -0.25) is 4.79 Å². The summed E-state index contributed by atoms with van der Waals surface area (Å²) in [5, 5.41) is 4.13. The van der Waals surface area contributed by atoms with Crippen LogP contribution in [0.5, 0.6) is 0 Å². The van der Waals surface area contributed by atoms with Crippen LogP contribution in [0, 0.1) is 0 Å². The van der Waals surface area contributed by atoms with Gasteiger partial charge in [0.1, 0.15) is 0 Å². The molecule has 1 amide bonds. The number of carbonyl (C=O) groups is 1. The number of H-pyrrole nitrogens is 1. The molecule has 1 aliphatic carbocycles. The molecule has 2 aromatic carbocycles. The Morgan fingerprint density at radius 1 is 1.05 bits per heavy atom. The fourth-order valence-corrected chi connectivity index (χ4v) is 3.25. The van der Waals surface area contributed by atoms with E-state index < -0.39 is 0 Å². The molecule has 1 aromatic heterocycles. The molecule has 4 rings (SSSR count). The SMILES string of the molecule is O=C(Cc1ccc2c(c1)CCC2)Nc1ccc2cc[nH]c2c1. The number of aromatic amines is 1. The van der Waals surface area contributed by atoms with Gasteiger partial charge in [-0.15, -0.1) is 0 Å². The zero-order valence-corrected chi connectivity index (χ0v) is 12.4. The molecule has 0 unspecified atom stereocenters. The third-order valence-corrected chi connectivity index (χ3v) is 4.37. The van der Waals surface area contributed by atoms with Crippen LogP contribution in [-0.4, -0.2) is 10.9 Å². The van der Waals surface area contributed by atoms with Crippen LogP contribution in [0.25, 0.3) is 10.9 Å². The molecule has 3 nitrogen and oxygen atoms in total. The van der Waals surface area contributed by atoms with Crippen molar-refractivity contribution >= 4 is 22.5 Å². The quantitative estimate of drug-likeness (QED) is 0.756. The summed E-state index contributed by atoms with van der Waals surface area (Å²) in [5.74, 6) is 0.0313. The lowest BCUT2D eigenvalue weighted by Crippen LogP contribution is -2.14. The van der Waals surface area contributed by atoms with Crippen molar-refractivity contribution < 1.29 is 4.79 Å². The Morgan fingerprint density at radius 2 is 1.95 bits per heavy atom. The lowest BCUT2D eigenvalue weighted by molar-refractivity contribution is -0.115. The third kappa shape index (κ3) is 2.50. The average Bonchev–Trinajstić information content (AvgIpc) is 3.14. The number of anilines is 1. The molecule has 22 heavy (non-hydrogen) atoms. The van der Waals surface area contributed by atoms with Crippen molar-refractivity contribution in [3.05, 3.63) is 65.4 Å². The second kappa shape index (κ2) is 5.34. The van der Waals surface area contributed by atoms with Crippen LogP contribution < -0.4 is 5.32 Å². The molecule has 1 heterocycles. The molecule has 0 saturated heterocycles. The fourth-order valence-electron chi connectivity index (χ4n) is 3.25. The van der Waals surface area contributed by atoms with Gasteiger partial charge in [-0.2, -0.15) is 0 Å². The highest BCUT2D eigenvalue weighted by Gasteiger charge is 2.12. The van der Waals surface area contributed by atoms with Crippen LogP contribution in [0.3, 0.4) is 0 Å². The second-order valence-electron chi connectivity index (χ2n) is 5.96. The fraction of sp³-hybridized carbons (Fsp3) is 0.211. The van der Waals surface area contributed by atoms with E-state index in [2.05, 4.69) is 28.5 Å². The van der Waals surface area contributed by atoms with Crippen molar-refractivity contribution in [3.63, 3.8) is 0 Å². The topological polar surface area (TPSA) is 44.9 Å². The van der Waals surface area contributed by atoms with E-state index in [0.717, 1.165) is 28.6 Å². The van der Waals surface area contributed by atoms with Gasteiger partial charge in [0.05, 0.1) is 6.42 Å². The van der Waals surface area contributed by atoms with Gasteiger partial charge in [-0.25, -0.2) is 0 Å². The van der Waals surface area contributed by atoms with Crippen LogP contribution in [0.2, 0.25) is 0 Å². The maximum atomic E-state index is 12.2. The minimum Gasteiger partial charge on any atom is -0.361 e. The van der Waals surface area contributed by atoms with Crippen LogP contribution in [0.1, 0.15) is 23.1 Å². The summed E-state index contributed by atoms with van der Waals surface area (Å²) in [6, 6.07) is 14.4. The number of amides is 1. The van der Waals surface area contributed by atoms with E-state index in [1.807, 2.05) is 30.5 Å². The second-order valence-corrected chi connectivity index (χ2v) is 5.96. The molecule has 110 valence electrons. The van der Waals surface area contributed by atoms with E-state index in [-0.39, 0.29) is 5.91 Å². The number of aromatic nitrogens is 1. The van der Waals surface area contributed by atoms with E-state index in [9.17, 15) is 4.79 Å². The number of nitrogens with one attached hydrogen (secondary N) is 2. The molecule has 0 spiro atoms. The molecule has 0 atom stereocenters. The maximum absolute atomic E-state index is 12.2. The smallest absolute Gasteiger partial charge is 0.228 e. The largest absolute Gasteiger partial charge is 0.361 e. The van der Waals surface area contributed by atoms with Crippen molar-refractivity contribution in [1.29, 1.82) is 0 Å². The average molecular weight is 290 g/mol. The number of fused-ring (bicyclic) bond motifs is 2. The van der Waals surface area contributed by atoms with Crippen molar-refractivity contribution in [2.75, 3.05) is 5.32 Å². The van der Waals surface area contributed by atoms with E-state index in [1.165, 1.54) is 24.0 Å². The minimum absolute atomic E-state index is 0.0313. The highest BCUT2D eigenvalue weighted by atomic mass is 16.1. The molecule has 3 heteroatoms. The van der Waals surface area contributed by atoms with Crippen LogP contribution in [0.15, 0.2) is 48.7 Å². The van der Waals surface area contributed by atoms with Gasteiger partial charge in [-0.05, 0) is 59.5 Å². The van der Waals surface area contributed by atoms with E-state index in [1.54, 1.807) is 0 Å². The van der Waals surface area contributed by atoms with Gasteiger partial charge in [0.2, 0.25) is 5.91 Å². The van der Waals surface area contributed by atoms with E-state index in [0.29, 0.717) is 6.42 Å². The first kappa shape index (κ1) is 13.1. The number of benzene rings is 2. The first-order valence-corrected chi connectivity index (χ1v) is 7.76. The number of hydrogen-bond acceptors (Lipinski definition) is 1. The van der Waals surface area contributed by atoms with Gasteiger partial charge < -0.3 is 10.3 Å². The van der Waals surface area contributed by atoms with Crippen molar-refractivity contribution in [3.8, 4) is 0 Å². The van der Waals surface area contributed by atoms with Gasteiger partial charge in [-0.1, -0.05) is 24.3 Å². The number of aryl methyl sites for hydroxylation is 2. The Morgan fingerprint density at radius 3 is 2.91 bits per heavy atom. The van der Waals surface area contributed by atoms with Gasteiger partial charge in [0, 0.05) is 17.4 Å². The molecular formula is C19H18N2O. The van der Waals surface area contributed by atoms with Crippen LogP contribution in [0.4, 0.5) is 5.69 Å². The minimum atomic E-state index is 0.0313. The molecular weight excluding hydrogens is 272 g/mol.